The predicted octanol–water partition coefficient (Wildman–Crippen LogP) is 4.58. The first-order chi connectivity index (χ1) is 10.2. The monoisotopic (exact) mass is 314 g/mol. The van der Waals surface area contributed by atoms with Crippen LogP contribution in [0.5, 0.6) is 0 Å². The van der Waals surface area contributed by atoms with Crippen molar-refractivity contribution in [3.05, 3.63) is 53.6 Å². The number of amides is 1. The molecule has 1 amide bonds. The number of aromatic nitrogens is 1. The molecule has 0 spiro atoms. The van der Waals surface area contributed by atoms with Crippen LogP contribution in [0.15, 0.2) is 47.4 Å². The average molecular weight is 314 g/mol. The number of carbonyl (C=O) groups is 1. The zero-order valence-electron chi connectivity index (χ0n) is 11.7. The maximum Gasteiger partial charge on any atom is 0.257 e. The first-order valence-electron chi connectivity index (χ1n) is 6.48. The van der Waals surface area contributed by atoms with Crippen LogP contribution >= 0.6 is 23.1 Å². The molecule has 2 aromatic carbocycles. The minimum absolute atomic E-state index is 0.126. The Morgan fingerprint density at radius 2 is 1.95 bits per heavy atom. The summed E-state index contributed by atoms with van der Waals surface area (Å²) in [5, 5.41) is 3.50. The smallest absolute Gasteiger partial charge is 0.257 e. The Balaban J connectivity index is 1.81. The van der Waals surface area contributed by atoms with Gasteiger partial charge in [0.1, 0.15) is 0 Å². The molecule has 106 valence electrons. The van der Waals surface area contributed by atoms with E-state index in [2.05, 4.69) is 16.4 Å². The predicted molar refractivity (Wildman–Crippen MR) is 90.5 cm³/mol. The van der Waals surface area contributed by atoms with Crippen molar-refractivity contribution in [1.29, 1.82) is 0 Å². The molecular formula is C16H14N2OS2. The van der Waals surface area contributed by atoms with Crippen LogP contribution in [0.3, 0.4) is 0 Å². The Labute approximate surface area is 131 Å². The van der Waals surface area contributed by atoms with Crippen molar-refractivity contribution >= 4 is 44.4 Å². The van der Waals surface area contributed by atoms with E-state index in [0.29, 0.717) is 10.7 Å². The van der Waals surface area contributed by atoms with Crippen molar-refractivity contribution in [3.63, 3.8) is 0 Å². The third-order valence-corrected chi connectivity index (χ3v) is 4.79. The largest absolute Gasteiger partial charge is 0.298 e. The molecule has 0 fully saturated rings. The van der Waals surface area contributed by atoms with E-state index in [1.54, 1.807) is 11.8 Å². The minimum Gasteiger partial charge on any atom is -0.298 e. The van der Waals surface area contributed by atoms with Gasteiger partial charge in [0.25, 0.3) is 5.91 Å². The third kappa shape index (κ3) is 3.09. The number of nitrogens with one attached hydrogen (secondary N) is 1. The van der Waals surface area contributed by atoms with Gasteiger partial charge in [0.05, 0.1) is 10.2 Å². The summed E-state index contributed by atoms with van der Waals surface area (Å²) in [4.78, 5) is 17.8. The zero-order chi connectivity index (χ0) is 14.8. The molecule has 0 radical (unpaired) electrons. The lowest BCUT2D eigenvalue weighted by molar-refractivity contribution is 0.102. The third-order valence-electron chi connectivity index (χ3n) is 3.12. The number of nitrogens with zero attached hydrogens (tertiary/aromatic N) is 1. The number of hydrogen-bond donors (Lipinski definition) is 1. The van der Waals surface area contributed by atoms with Crippen molar-refractivity contribution in [1.82, 2.24) is 4.98 Å². The van der Waals surface area contributed by atoms with Gasteiger partial charge in [0.15, 0.2) is 5.13 Å². The fraction of sp³-hybridized carbons (Fsp3) is 0.125. The number of rotatable bonds is 3. The van der Waals surface area contributed by atoms with Crippen LogP contribution in [0.1, 0.15) is 15.9 Å². The summed E-state index contributed by atoms with van der Waals surface area (Å²) in [5.74, 6) is -0.126. The first kappa shape index (κ1) is 14.1. The molecule has 0 aliphatic rings. The van der Waals surface area contributed by atoms with Gasteiger partial charge in [-0.15, -0.1) is 11.8 Å². The van der Waals surface area contributed by atoms with Crippen molar-refractivity contribution in [2.75, 3.05) is 11.6 Å². The molecule has 0 saturated heterocycles. The topological polar surface area (TPSA) is 42.0 Å². The molecule has 0 aliphatic carbocycles. The molecule has 1 N–H and O–H groups in total. The summed E-state index contributed by atoms with van der Waals surface area (Å²) < 4.78 is 1.09. The normalized spacial score (nSPS) is 10.8. The number of aryl methyl sites for hydroxylation is 1. The van der Waals surface area contributed by atoms with Gasteiger partial charge in [-0.05, 0) is 55.1 Å². The van der Waals surface area contributed by atoms with Crippen LogP contribution in [0.2, 0.25) is 0 Å². The summed E-state index contributed by atoms with van der Waals surface area (Å²) in [6, 6.07) is 13.6. The molecule has 1 heterocycles. The van der Waals surface area contributed by atoms with E-state index in [1.165, 1.54) is 16.9 Å². The SMILES string of the molecule is CSc1ccc(C(=O)Nc2nc3ccc(C)cc3s2)cc1. The van der Waals surface area contributed by atoms with Gasteiger partial charge in [-0.1, -0.05) is 17.4 Å². The molecule has 3 aromatic rings. The van der Waals surface area contributed by atoms with Gasteiger partial charge < -0.3 is 0 Å². The van der Waals surface area contributed by atoms with E-state index >= 15 is 0 Å². The number of fused-ring (bicyclic) bond motifs is 1. The Morgan fingerprint density at radius 1 is 1.19 bits per heavy atom. The number of thiazole rings is 1. The van der Waals surface area contributed by atoms with Gasteiger partial charge >= 0.3 is 0 Å². The van der Waals surface area contributed by atoms with Crippen LogP contribution in [0, 0.1) is 6.92 Å². The second-order valence-corrected chi connectivity index (χ2v) is 6.58. The first-order valence-corrected chi connectivity index (χ1v) is 8.52. The van der Waals surface area contributed by atoms with E-state index in [9.17, 15) is 4.79 Å². The number of thioether (sulfide) groups is 1. The Kier molecular flexibility index (Phi) is 3.94. The van der Waals surface area contributed by atoms with E-state index in [4.69, 9.17) is 0 Å². The molecule has 21 heavy (non-hydrogen) atoms. The maximum absolute atomic E-state index is 12.2. The average Bonchev–Trinajstić information content (AvgIpc) is 2.88. The highest BCUT2D eigenvalue weighted by Gasteiger charge is 2.10. The van der Waals surface area contributed by atoms with Crippen LogP contribution in [0.4, 0.5) is 5.13 Å². The summed E-state index contributed by atoms with van der Waals surface area (Å²) in [6.45, 7) is 2.05. The number of carbonyl (C=O) groups excluding carboxylic acids is 1. The standard InChI is InChI=1S/C16H14N2OS2/c1-10-3-8-13-14(9-10)21-16(17-13)18-15(19)11-4-6-12(20-2)7-5-11/h3-9H,1-2H3,(H,17,18,19). The lowest BCUT2D eigenvalue weighted by atomic mass is 10.2. The minimum atomic E-state index is -0.126. The van der Waals surface area contributed by atoms with Gasteiger partial charge in [0, 0.05) is 10.5 Å². The molecule has 0 bridgehead atoms. The highest BCUT2D eigenvalue weighted by atomic mass is 32.2. The van der Waals surface area contributed by atoms with Gasteiger partial charge in [0.2, 0.25) is 0 Å². The molecule has 3 rings (SSSR count). The quantitative estimate of drug-likeness (QED) is 0.720. The fourth-order valence-corrected chi connectivity index (χ4v) is 3.36. The lowest BCUT2D eigenvalue weighted by Gasteiger charge is -2.02. The number of anilines is 1. The van der Waals surface area contributed by atoms with Crippen LogP contribution < -0.4 is 5.32 Å². The van der Waals surface area contributed by atoms with Gasteiger partial charge in [-0.25, -0.2) is 4.98 Å². The van der Waals surface area contributed by atoms with Crippen LogP contribution in [-0.2, 0) is 0 Å². The summed E-state index contributed by atoms with van der Waals surface area (Å²) in [6.07, 6.45) is 2.01. The Hall–Kier alpha value is -1.85. The molecule has 0 aliphatic heterocycles. The van der Waals surface area contributed by atoms with Crippen molar-refractivity contribution in [2.45, 2.75) is 11.8 Å². The number of benzene rings is 2. The molecule has 1 aromatic heterocycles. The van der Waals surface area contributed by atoms with Gasteiger partial charge in [-0.3, -0.25) is 10.1 Å². The lowest BCUT2D eigenvalue weighted by Crippen LogP contribution is -2.11. The molecule has 0 saturated carbocycles. The summed E-state index contributed by atoms with van der Waals surface area (Å²) in [5.41, 5.74) is 2.75. The fourth-order valence-electron chi connectivity index (χ4n) is 2.00. The maximum atomic E-state index is 12.2. The summed E-state index contributed by atoms with van der Waals surface area (Å²) >= 11 is 3.15. The molecule has 5 heteroatoms. The van der Waals surface area contributed by atoms with Gasteiger partial charge in [-0.2, -0.15) is 0 Å². The van der Waals surface area contributed by atoms with Crippen molar-refractivity contribution < 1.29 is 4.79 Å². The molecule has 0 atom stereocenters. The highest BCUT2D eigenvalue weighted by molar-refractivity contribution is 7.98. The molecular weight excluding hydrogens is 300 g/mol. The Morgan fingerprint density at radius 3 is 2.67 bits per heavy atom. The molecule has 0 unspecified atom stereocenters. The highest BCUT2D eigenvalue weighted by Crippen LogP contribution is 2.27. The second kappa shape index (κ2) is 5.87. The number of hydrogen-bond acceptors (Lipinski definition) is 4. The van der Waals surface area contributed by atoms with Crippen LogP contribution in [-0.4, -0.2) is 17.1 Å². The van der Waals surface area contributed by atoms with Crippen molar-refractivity contribution in [2.24, 2.45) is 0 Å². The second-order valence-electron chi connectivity index (χ2n) is 4.67. The van der Waals surface area contributed by atoms with E-state index < -0.39 is 0 Å². The van der Waals surface area contributed by atoms with E-state index in [1.807, 2.05) is 49.6 Å². The Bertz CT molecular complexity index is 794. The molecule has 3 nitrogen and oxygen atoms in total. The van der Waals surface area contributed by atoms with E-state index in [-0.39, 0.29) is 5.91 Å². The summed E-state index contributed by atoms with van der Waals surface area (Å²) in [7, 11) is 0. The van der Waals surface area contributed by atoms with Crippen molar-refractivity contribution in [3.8, 4) is 0 Å². The zero-order valence-corrected chi connectivity index (χ0v) is 13.3. The van der Waals surface area contributed by atoms with E-state index in [0.717, 1.165) is 15.1 Å². The van der Waals surface area contributed by atoms with Crippen LogP contribution in [0.25, 0.3) is 10.2 Å².